The summed E-state index contributed by atoms with van der Waals surface area (Å²) in [6.07, 6.45) is -4.53. The van der Waals surface area contributed by atoms with Gasteiger partial charge in [-0.15, -0.1) is 0 Å². The summed E-state index contributed by atoms with van der Waals surface area (Å²) in [7, 11) is 1.46. The first-order valence-electron chi connectivity index (χ1n) is 6.98. The molecule has 2 heterocycles. The van der Waals surface area contributed by atoms with E-state index in [0.29, 0.717) is 18.2 Å². The SMILES string of the molecule is CN1OC2(CC1=O)CN(C(=O)Nc1cc(C(F)(F)F)ccc1F)C2. The lowest BCUT2D eigenvalue weighted by atomic mass is 9.91. The third-order valence-corrected chi connectivity index (χ3v) is 3.94. The lowest BCUT2D eigenvalue weighted by Gasteiger charge is -2.45. The Balaban J connectivity index is 1.66. The Bertz CT molecular complexity index is 701. The van der Waals surface area contributed by atoms with Gasteiger partial charge in [0.1, 0.15) is 11.4 Å². The maximum absolute atomic E-state index is 13.6. The Morgan fingerprint density at radius 1 is 1.33 bits per heavy atom. The van der Waals surface area contributed by atoms with Crippen molar-refractivity contribution in [3.63, 3.8) is 0 Å². The summed E-state index contributed by atoms with van der Waals surface area (Å²) in [6, 6.07) is 1.01. The van der Waals surface area contributed by atoms with Gasteiger partial charge >= 0.3 is 12.2 Å². The van der Waals surface area contributed by atoms with Gasteiger partial charge in [-0.2, -0.15) is 13.2 Å². The molecule has 6 nitrogen and oxygen atoms in total. The number of nitrogens with one attached hydrogen (secondary N) is 1. The van der Waals surface area contributed by atoms with Crippen molar-refractivity contribution >= 4 is 17.6 Å². The molecule has 0 aromatic heterocycles. The Labute approximate surface area is 133 Å². The fourth-order valence-corrected chi connectivity index (χ4v) is 2.71. The van der Waals surface area contributed by atoms with E-state index in [9.17, 15) is 27.2 Å². The summed E-state index contributed by atoms with van der Waals surface area (Å²) >= 11 is 0. The Morgan fingerprint density at radius 3 is 2.54 bits per heavy atom. The van der Waals surface area contributed by atoms with E-state index in [-0.39, 0.29) is 25.4 Å². The molecule has 0 aliphatic carbocycles. The minimum absolute atomic E-state index is 0.0928. The highest BCUT2D eigenvalue weighted by Crippen LogP contribution is 2.36. The number of likely N-dealkylation sites (tertiary alicyclic amines) is 1. The number of carbonyl (C=O) groups excluding carboxylic acids is 2. The number of benzene rings is 1. The first-order valence-corrected chi connectivity index (χ1v) is 6.98. The minimum Gasteiger partial charge on any atom is -0.318 e. The van der Waals surface area contributed by atoms with Gasteiger partial charge in [-0.05, 0) is 18.2 Å². The van der Waals surface area contributed by atoms with Crippen molar-refractivity contribution in [1.82, 2.24) is 9.96 Å². The van der Waals surface area contributed by atoms with Crippen molar-refractivity contribution in [2.75, 3.05) is 25.5 Å². The number of rotatable bonds is 1. The number of alkyl halides is 3. The molecule has 10 heteroatoms. The second-order valence-corrected chi connectivity index (χ2v) is 5.82. The van der Waals surface area contributed by atoms with Crippen LogP contribution in [0.4, 0.5) is 28.0 Å². The highest BCUT2D eigenvalue weighted by atomic mass is 19.4. The Kier molecular flexibility index (Phi) is 3.67. The number of anilines is 1. The summed E-state index contributed by atoms with van der Waals surface area (Å²) in [6.45, 7) is 0.186. The summed E-state index contributed by atoms with van der Waals surface area (Å²) in [5.74, 6) is -1.20. The van der Waals surface area contributed by atoms with E-state index < -0.39 is 34.9 Å². The molecule has 3 rings (SSSR count). The van der Waals surface area contributed by atoms with E-state index >= 15 is 0 Å². The van der Waals surface area contributed by atoms with Crippen LogP contribution in [0.3, 0.4) is 0 Å². The summed E-state index contributed by atoms with van der Waals surface area (Å²) in [5.41, 5.74) is -2.42. The van der Waals surface area contributed by atoms with Crippen molar-refractivity contribution in [2.24, 2.45) is 0 Å². The molecule has 0 bridgehead atoms. The quantitative estimate of drug-likeness (QED) is 0.793. The van der Waals surface area contributed by atoms with Crippen molar-refractivity contribution in [2.45, 2.75) is 18.2 Å². The average Bonchev–Trinajstić information content (AvgIpc) is 2.74. The molecule has 1 aromatic carbocycles. The lowest BCUT2D eigenvalue weighted by molar-refractivity contribution is -0.217. The van der Waals surface area contributed by atoms with Gasteiger partial charge in [0, 0.05) is 7.05 Å². The molecule has 130 valence electrons. The normalized spacial score (nSPS) is 19.6. The fraction of sp³-hybridized carbons (Fsp3) is 0.429. The molecule has 2 saturated heterocycles. The van der Waals surface area contributed by atoms with Gasteiger partial charge in [-0.25, -0.2) is 14.2 Å². The molecule has 2 fully saturated rings. The number of halogens is 4. The number of hydroxylamine groups is 2. The van der Waals surface area contributed by atoms with Crippen molar-refractivity contribution in [3.05, 3.63) is 29.6 Å². The van der Waals surface area contributed by atoms with Gasteiger partial charge in [0.05, 0.1) is 30.8 Å². The van der Waals surface area contributed by atoms with Crippen molar-refractivity contribution < 1.29 is 32.0 Å². The third kappa shape index (κ3) is 2.88. The largest absolute Gasteiger partial charge is 0.416 e. The predicted octanol–water partition coefficient (Wildman–Crippen LogP) is 2.22. The number of nitrogens with zero attached hydrogens (tertiary/aromatic N) is 2. The van der Waals surface area contributed by atoms with E-state index in [2.05, 4.69) is 5.32 Å². The van der Waals surface area contributed by atoms with Crippen LogP contribution in [0.2, 0.25) is 0 Å². The van der Waals surface area contributed by atoms with Crippen LogP contribution in [-0.4, -0.2) is 47.6 Å². The first kappa shape index (κ1) is 16.5. The molecular weight excluding hydrogens is 334 g/mol. The number of hydrogen-bond acceptors (Lipinski definition) is 3. The zero-order chi connectivity index (χ0) is 17.7. The third-order valence-electron chi connectivity index (χ3n) is 3.94. The Hall–Kier alpha value is -2.36. The minimum atomic E-state index is -4.64. The molecule has 0 saturated carbocycles. The van der Waals surface area contributed by atoms with Gasteiger partial charge in [-0.3, -0.25) is 9.63 Å². The summed E-state index contributed by atoms with van der Waals surface area (Å²) in [4.78, 5) is 30.1. The fourth-order valence-electron chi connectivity index (χ4n) is 2.71. The van der Waals surface area contributed by atoms with E-state index in [0.717, 1.165) is 5.06 Å². The topological polar surface area (TPSA) is 61.9 Å². The monoisotopic (exact) mass is 347 g/mol. The van der Waals surface area contributed by atoms with Crippen molar-refractivity contribution in [3.8, 4) is 0 Å². The molecule has 0 atom stereocenters. The van der Waals surface area contributed by atoms with Crippen LogP contribution in [0.1, 0.15) is 12.0 Å². The zero-order valence-electron chi connectivity index (χ0n) is 12.5. The van der Waals surface area contributed by atoms with Crippen LogP contribution in [0.15, 0.2) is 18.2 Å². The molecule has 2 aliphatic heterocycles. The average molecular weight is 347 g/mol. The van der Waals surface area contributed by atoms with Gasteiger partial charge in [0.2, 0.25) is 5.91 Å². The zero-order valence-corrected chi connectivity index (χ0v) is 12.5. The highest BCUT2D eigenvalue weighted by Gasteiger charge is 2.54. The molecular formula is C14H13F4N3O3. The molecule has 1 N–H and O–H groups in total. The van der Waals surface area contributed by atoms with E-state index in [1.165, 1.54) is 11.9 Å². The maximum Gasteiger partial charge on any atom is 0.416 e. The molecule has 1 aromatic rings. The van der Waals surface area contributed by atoms with Crippen LogP contribution >= 0.6 is 0 Å². The summed E-state index contributed by atoms with van der Waals surface area (Å²) < 4.78 is 51.6. The van der Waals surface area contributed by atoms with Crippen LogP contribution in [0, 0.1) is 5.82 Å². The smallest absolute Gasteiger partial charge is 0.318 e. The summed E-state index contributed by atoms with van der Waals surface area (Å²) in [5, 5.41) is 3.20. The number of carbonyl (C=O) groups is 2. The standard InChI is InChI=1S/C14H13F4N3O3/c1-20-11(22)5-13(24-20)6-21(7-13)12(23)19-10-4-8(14(16,17)18)2-3-9(10)15/h2-4H,5-7H2,1H3,(H,19,23). The molecule has 2 aliphatic rings. The second-order valence-electron chi connectivity index (χ2n) is 5.82. The van der Waals surface area contributed by atoms with E-state index in [1.807, 2.05) is 0 Å². The number of urea groups is 1. The predicted molar refractivity (Wildman–Crippen MR) is 73.2 cm³/mol. The highest BCUT2D eigenvalue weighted by molar-refractivity contribution is 5.91. The van der Waals surface area contributed by atoms with Gasteiger partial charge in [0.25, 0.3) is 0 Å². The lowest BCUT2D eigenvalue weighted by Crippen LogP contribution is -2.64. The Morgan fingerprint density at radius 2 is 2.00 bits per heavy atom. The van der Waals surface area contributed by atoms with Crippen molar-refractivity contribution in [1.29, 1.82) is 0 Å². The van der Waals surface area contributed by atoms with E-state index in [4.69, 9.17) is 4.84 Å². The van der Waals surface area contributed by atoms with Gasteiger partial charge in [0.15, 0.2) is 0 Å². The molecule has 1 spiro atoms. The molecule has 0 unspecified atom stereocenters. The van der Waals surface area contributed by atoms with Crippen LogP contribution in [0.25, 0.3) is 0 Å². The van der Waals surface area contributed by atoms with Crippen LogP contribution in [0.5, 0.6) is 0 Å². The number of hydrogen-bond donors (Lipinski definition) is 1. The van der Waals surface area contributed by atoms with Gasteiger partial charge in [-0.1, -0.05) is 0 Å². The van der Waals surface area contributed by atoms with Gasteiger partial charge < -0.3 is 10.2 Å². The molecule has 24 heavy (non-hydrogen) atoms. The van der Waals surface area contributed by atoms with Crippen LogP contribution < -0.4 is 5.32 Å². The molecule has 0 radical (unpaired) electrons. The molecule has 3 amide bonds. The second kappa shape index (κ2) is 5.33. The van der Waals surface area contributed by atoms with Crippen LogP contribution in [-0.2, 0) is 15.8 Å². The first-order chi connectivity index (χ1) is 11.1. The van der Waals surface area contributed by atoms with E-state index in [1.54, 1.807) is 0 Å². The maximum atomic E-state index is 13.6. The number of amides is 3.